The minimum Gasteiger partial charge on any atom is -0.310 e. The summed E-state index contributed by atoms with van der Waals surface area (Å²) in [7, 11) is 0. The molecule has 0 aliphatic carbocycles. The van der Waals surface area contributed by atoms with Gasteiger partial charge in [-0.25, -0.2) is 4.98 Å². The molecule has 7 aromatic carbocycles. The summed E-state index contributed by atoms with van der Waals surface area (Å²) in [5.74, 6) is 0. The Bertz CT molecular complexity index is 2570. The van der Waals surface area contributed by atoms with Crippen molar-refractivity contribution in [3.8, 4) is 39.3 Å². The number of aryl methyl sites for hydroxylation is 1. The highest BCUT2D eigenvalue weighted by Gasteiger charge is 2.17. The Balaban J connectivity index is 1.15. The Morgan fingerprint density at radius 3 is 1.61 bits per heavy atom. The molecule has 51 heavy (non-hydrogen) atoms. The van der Waals surface area contributed by atoms with Crippen LogP contribution in [-0.2, 0) is 0 Å². The van der Waals surface area contributed by atoms with Gasteiger partial charge in [-0.2, -0.15) is 0 Å². The molecule has 0 amide bonds. The van der Waals surface area contributed by atoms with Gasteiger partial charge in [0.25, 0.3) is 0 Å². The summed E-state index contributed by atoms with van der Waals surface area (Å²) < 4.78 is 2.36. The fourth-order valence-electron chi connectivity index (χ4n) is 7.11. The van der Waals surface area contributed by atoms with E-state index in [1.54, 1.807) is 0 Å². The minimum absolute atomic E-state index is 0.867. The third-order valence-electron chi connectivity index (χ3n) is 9.50. The Morgan fingerprint density at radius 1 is 0.431 bits per heavy atom. The number of hydrogen-bond acceptors (Lipinski definition) is 3. The fraction of sp³-hybridized carbons (Fsp3) is 0.0213. The Morgan fingerprint density at radius 2 is 0.961 bits per heavy atom. The van der Waals surface area contributed by atoms with Gasteiger partial charge in [0.2, 0.25) is 0 Å². The third kappa shape index (κ3) is 5.63. The van der Waals surface area contributed by atoms with Gasteiger partial charge in [0.05, 0.1) is 28.1 Å². The van der Waals surface area contributed by atoms with Crippen LogP contribution in [0.1, 0.15) is 5.69 Å². The largest absolute Gasteiger partial charge is 0.310 e. The maximum absolute atomic E-state index is 4.90. The predicted molar refractivity (Wildman–Crippen MR) is 212 cm³/mol. The molecule has 242 valence electrons. The molecule has 2 aromatic heterocycles. The molecule has 0 spiro atoms. The van der Waals surface area contributed by atoms with Crippen LogP contribution in [0.5, 0.6) is 0 Å². The number of rotatable bonds is 7. The molecule has 0 aliphatic rings. The average molecular weight is 655 g/mol. The number of hydrogen-bond donors (Lipinski definition) is 0. The molecule has 2 heterocycles. The van der Waals surface area contributed by atoms with Gasteiger partial charge < -0.3 is 9.47 Å². The topological polar surface area (TPSA) is 34.0 Å². The van der Waals surface area contributed by atoms with Crippen LogP contribution in [0.15, 0.2) is 188 Å². The molecular formula is C47H34N4. The Hall–Kier alpha value is -6.78. The first-order chi connectivity index (χ1) is 25.2. The molecule has 0 saturated heterocycles. The second-order valence-corrected chi connectivity index (χ2v) is 12.8. The second-order valence-electron chi connectivity index (χ2n) is 12.8. The number of benzene rings is 7. The first-order valence-corrected chi connectivity index (χ1v) is 17.2. The van der Waals surface area contributed by atoms with Crippen molar-refractivity contribution in [3.63, 3.8) is 0 Å². The second kappa shape index (κ2) is 12.9. The lowest BCUT2D eigenvalue weighted by atomic mass is 10.0. The van der Waals surface area contributed by atoms with Gasteiger partial charge in [-0.1, -0.05) is 121 Å². The van der Waals surface area contributed by atoms with E-state index in [-0.39, 0.29) is 0 Å². The summed E-state index contributed by atoms with van der Waals surface area (Å²) in [4.78, 5) is 12.1. The van der Waals surface area contributed by atoms with Crippen molar-refractivity contribution in [1.82, 2.24) is 14.5 Å². The van der Waals surface area contributed by atoms with Gasteiger partial charge in [0, 0.05) is 50.8 Å². The molecule has 0 bridgehead atoms. The molecule has 0 atom stereocenters. The standard InChI is InChI=1S/C47H34N4/c1-33-32-48-46(47(49-33)35-15-6-3-7-16-35)36-23-25-38(26-24-36)50(41-18-12-17-37(31-41)34-13-4-2-5-14-34)39-27-29-40(30-28-39)51-44-21-10-8-19-42(44)43-20-9-11-22-45(43)51/h2-32H,1H3. The molecule has 0 fully saturated rings. The number of nitrogens with zero attached hydrogens (tertiary/aromatic N) is 4. The van der Waals surface area contributed by atoms with Gasteiger partial charge in [-0.3, -0.25) is 4.98 Å². The summed E-state index contributed by atoms with van der Waals surface area (Å²) >= 11 is 0. The molecule has 0 aliphatic heterocycles. The van der Waals surface area contributed by atoms with E-state index < -0.39 is 0 Å². The van der Waals surface area contributed by atoms with Crippen LogP contribution in [0.3, 0.4) is 0 Å². The van der Waals surface area contributed by atoms with Crippen LogP contribution >= 0.6 is 0 Å². The van der Waals surface area contributed by atoms with Crippen molar-refractivity contribution in [1.29, 1.82) is 0 Å². The zero-order valence-corrected chi connectivity index (χ0v) is 28.2. The Kier molecular flexibility index (Phi) is 7.67. The van der Waals surface area contributed by atoms with Crippen molar-refractivity contribution < 1.29 is 0 Å². The van der Waals surface area contributed by atoms with Crippen molar-refractivity contribution in [3.05, 3.63) is 194 Å². The summed E-state index contributed by atoms with van der Waals surface area (Å²) in [6.45, 7) is 1.99. The highest BCUT2D eigenvalue weighted by atomic mass is 15.1. The number of aromatic nitrogens is 3. The van der Waals surface area contributed by atoms with Crippen LogP contribution in [0, 0.1) is 6.92 Å². The molecule has 0 saturated carbocycles. The summed E-state index contributed by atoms with van der Waals surface area (Å²) in [5.41, 5.74) is 13.8. The summed E-state index contributed by atoms with van der Waals surface area (Å²) in [5, 5.41) is 2.51. The van der Waals surface area contributed by atoms with Crippen molar-refractivity contribution in [2.45, 2.75) is 6.92 Å². The minimum atomic E-state index is 0.867. The smallest absolute Gasteiger partial charge is 0.0968 e. The Labute approximate surface area is 297 Å². The molecule has 0 radical (unpaired) electrons. The van der Waals surface area contributed by atoms with E-state index in [1.807, 2.05) is 31.3 Å². The zero-order chi connectivity index (χ0) is 34.1. The fourth-order valence-corrected chi connectivity index (χ4v) is 7.11. The quantitative estimate of drug-likeness (QED) is 0.171. The van der Waals surface area contributed by atoms with Crippen LogP contribution < -0.4 is 4.90 Å². The SMILES string of the molecule is Cc1cnc(-c2ccc(N(c3ccc(-n4c5ccccc5c5ccccc54)cc3)c3cccc(-c4ccccc4)c3)cc2)c(-c2ccccc2)n1. The maximum atomic E-state index is 4.90. The third-order valence-corrected chi connectivity index (χ3v) is 9.50. The van der Waals surface area contributed by atoms with Gasteiger partial charge >= 0.3 is 0 Å². The van der Waals surface area contributed by atoms with Crippen molar-refractivity contribution >= 4 is 38.9 Å². The average Bonchev–Trinajstić information content (AvgIpc) is 3.54. The van der Waals surface area contributed by atoms with E-state index in [2.05, 4.69) is 173 Å². The van der Waals surface area contributed by atoms with Gasteiger partial charge in [-0.05, 0) is 78.7 Å². The normalized spacial score (nSPS) is 11.2. The number of anilines is 3. The van der Waals surface area contributed by atoms with E-state index in [0.717, 1.165) is 51.0 Å². The maximum Gasteiger partial charge on any atom is 0.0968 e. The molecule has 9 aromatic rings. The first-order valence-electron chi connectivity index (χ1n) is 17.2. The lowest BCUT2D eigenvalue weighted by Gasteiger charge is -2.26. The predicted octanol–water partition coefficient (Wildman–Crippen LogP) is 12.4. The molecule has 4 nitrogen and oxygen atoms in total. The summed E-state index contributed by atoms with van der Waals surface area (Å²) in [6, 6.07) is 64.4. The van der Waals surface area contributed by atoms with Gasteiger partial charge in [0.1, 0.15) is 0 Å². The molecule has 0 unspecified atom stereocenters. The molecule has 9 rings (SSSR count). The van der Waals surface area contributed by atoms with Crippen LogP contribution in [0.2, 0.25) is 0 Å². The molecule has 4 heteroatoms. The van der Waals surface area contributed by atoms with Crippen molar-refractivity contribution in [2.75, 3.05) is 4.90 Å². The highest BCUT2D eigenvalue weighted by molar-refractivity contribution is 6.09. The lowest BCUT2D eigenvalue weighted by molar-refractivity contribution is 1.13. The van der Waals surface area contributed by atoms with E-state index in [1.165, 1.54) is 32.9 Å². The van der Waals surface area contributed by atoms with Gasteiger partial charge in [-0.15, -0.1) is 0 Å². The van der Waals surface area contributed by atoms with E-state index in [0.29, 0.717) is 0 Å². The van der Waals surface area contributed by atoms with E-state index in [4.69, 9.17) is 9.97 Å². The zero-order valence-electron chi connectivity index (χ0n) is 28.2. The number of para-hydroxylation sites is 2. The molecular weight excluding hydrogens is 621 g/mol. The lowest BCUT2D eigenvalue weighted by Crippen LogP contribution is -2.10. The number of fused-ring (bicyclic) bond motifs is 3. The monoisotopic (exact) mass is 654 g/mol. The first kappa shape index (κ1) is 30.3. The van der Waals surface area contributed by atoms with Crippen molar-refractivity contribution in [2.24, 2.45) is 0 Å². The van der Waals surface area contributed by atoms with E-state index >= 15 is 0 Å². The van der Waals surface area contributed by atoms with Gasteiger partial charge in [0.15, 0.2) is 0 Å². The van der Waals surface area contributed by atoms with Crippen LogP contribution in [0.4, 0.5) is 17.1 Å². The van der Waals surface area contributed by atoms with Crippen LogP contribution in [-0.4, -0.2) is 14.5 Å². The highest BCUT2D eigenvalue weighted by Crippen LogP contribution is 2.39. The van der Waals surface area contributed by atoms with E-state index in [9.17, 15) is 0 Å². The van der Waals surface area contributed by atoms with Crippen LogP contribution in [0.25, 0.3) is 61.1 Å². The summed E-state index contributed by atoms with van der Waals surface area (Å²) in [6.07, 6.45) is 1.84. The molecule has 0 N–H and O–H groups in total.